The van der Waals surface area contributed by atoms with Crippen molar-refractivity contribution in [2.45, 2.75) is 6.18 Å². The van der Waals surface area contributed by atoms with Crippen LogP contribution in [0.4, 0.5) is 13.2 Å². The van der Waals surface area contributed by atoms with Crippen LogP contribution in [0.1, 0.15) is 5.56 Å². The van der Waals surface area contributed by atoms with Crippen LogP contribution in [0.15, 0.2) is 17.3 Å². The molecule has 0 atom stereocenters. The van der Waals surface area contributed by atoms with Crippen molar-refractivity contribution in [3.63, 3.8) is 0 Å². The largest absolute Gasteiger partial charge is 0.493 e. The first-order chi connectivity index (χ1) is 10.8. The van der Waals surface area contributed by atoms with Gasteiger partial charge >= 0.3 is 6.18 Å². The average molecular weight is 355 g/mol. The van der Waals surface area contributed by atoms with E-state index in [2.05, 4.69) is 9.99 Å². The maximum atomic E-state index is 11.9. The molecule has 1 rings (SSSR count). The third-order valence-electron chi connectivity index (χ3n) is 2.41. The maximum absolute atomic E-state index is 11.9. The molecule has 0 aliphatic carbocycles. The van der Waals surface area contributed by atoms with Gasteiger partial charge in [-0.25, -0.2) is 0 Å². The van der Waals surface area contributed by atoms with Crippen LogP contribution in [-0.4, -0.2) is 45.7 Å². The zero-order chi connectivity index (χ0) is 17.5. The van der Waals surface area contributed by atoms with Crippen molar-refractivity contribution in [2.24, 2.45) is 5.16 Å². The minimum Gasteiger partial charge on any atom is -0.493 e. The molecule has 0 bridgehead atoms. The molecule has 23 heavy (non-hydrogen) atoms. The van der Waals surface area contributed by atoms with Gasteiger partial charge < -0.3 is 19.6 Å². The molecule has 0 fully saturated rings. The van der Waals surface area contributed by atoms with Gasteiger partial charge in [0.05, 0.1) is 25.5 Å². The van der Waals surface area contributed by atoms with E-state index in [9.17, 15) is 18.0 Å². The quantitative estimate of drug-likeness (QED) is 0.603. The topological polar surface area (TPSA) is 69.2 Å². The summed E-state index contributed by atoms with van der Waals surface area (Å²) in [6.07, 6.45) is -3.25. The van der Waals surface area contributed by atoms with Gasteiger partial charge in [0.25, 0.3) is 5.91 Å². The van der Waals surface area contributed by atoms with Gasteiger partial charge in [-0.05, 0) is 12.1 Å². The van der Waals surface area contributed by atoms with Crippen LogP contribution >= 0.6 is 11.6 Å². The fourth-order valence-electron chi connectivity index (χ4n) is 1.46. The van der Waals surface area contributed by atoms with E-state index in [4.69, 9.17) is 21.1 Å². The monoisotopic (exact) mass is 354 g/mol. The Morgan fingerprint density at radius 1 is 1.35 bits per heavy atom. The Balaban J connectivity index is 2.55. The van der Waals surface area contributed by atoms with Gasteiger partial charge in [0, 0.05) is 5.56 Å². The average Bonchev–Trinajstić information content (AvgIpc) is 2.48. The number of oxime groups is 1. The van der Waals surface area contributed by atoms with Crippen LogP contribution in [0.2, 0.25) is 5.02 Å². The summed E-state index contributed by atoms with van der Waals surface area (Å²) >= 11 is 5.98. The highest BCUT2D eigenvalue weighted by Gasteiger charge is 2.27. The van der Waals surface area contributed by atoms with Crippen LogP contribution in [-0.2, 0) is 9.63 Å². The molecule has 0 unspecified atom stereocenters. The third kappa shape index (κ3) is 6.64. The zero-order valence-corrected chi connectivity index (χ0v) is 13.0. The Morgan fingerprint density at radius 3 is 2.61 bits per heavy atom. The second-order valence-corrected chi connectivity index (χ2v) is 4.55. The zero-order valence-electron chi connectivity index (χ0n) is 12.2. The van der Waals surface area contributed by atoms with Crippen LogP contribution in [0, 0.1) is 0 Å². The van der Waals surface area contributed by atoms with Gasteiger partial charge in [0.2, 0.25) is 0 Å². The van der Waals surface area contributed by atoms with Crippen molar-refractivity contribution in [3.05, 3.63) is 22.7 Å². The van der Waals surface area contributed by atoms with E-state index in [0.717, 1.165) is 0 Å². The molecular weight excluding hydrogens is 341 g/mol. The Hall–Kier alpha value is -2.16. The summed E-state index contributed by atoms with van der Waals surface area (Å²) in [6.45, 7) is -2.07. The number of amides is 1. The molecule has 1 N–H and O–H groups in total. The summed E-state index contributed by atoms with van der Waals surface area (Å²) in [5, 5.41) is 5.39. The van der Waals surface area contributed by atoms with E-state index < -0.39 is 25.2 Å². The number of carbonyl (C=O) groups is 1. The molecule has 128 valence electrons. The fourth-order valence-corrected chi connectivity index (χ4v) is 1.75. The summed E-state index contributed by atoms with van der Waals surface area (Å²) in [4.78, 5) is 15.7. The highest BCUT2D eigenvalue weighted by molar-refractivity contribution is 6.32. The van der Waals surface area contributed by atoms with Crippen molar-refractivity contribution in [1.82, 2.24) is 5.32 Å². The number of hydrogen-bond acceptors (Lipinski definition) is 5. The Bertz CT molecular complexity index is 579. The van der Waals surface area contributed by atoms with E-state index in [1.54, 1.807) is 11.4 Å². The van der Waals surface area contributed by atoms with Crippen LogP contribution in [0.3, 0.4) is 0 Å². The number of carbonyl (C=O) groups excluding carboxylic acids is 1. The number of alkyl halides is 3. The number of nitrogens with one attached hydrogen (secondary N) is 1. The van der Waals surface area contributed by atoms with Crippen molar-refractivity contribution >= 4 is 23.7 Å². The lowest BCUT2D eigenvalue weighted by atomic mass is 10.2. The lowest BCUT2D eigenvalue weighted by Gasteiger charge is -2.10. The molecule has 10 heteroatoms. The molecule has 0 radical (unpaired) electrons. The number of benzene rings is 1. The first kappa shape index (κ1) is 18.9. The Labute approximate surface area is 135 Å². The number of halogens is 4. The van der Waals surface area contributed by atoms with Gasteiger partial charge in [-0.15, -0.1) is 0 Å². The molecule has 6 nitrogen and oxygen atoms in total. The van der Waals surface area contributed by atoms with Crippen LogP contribution in [0.5, 0.6) is 11.5 Å². The van der Waals surface area contributed by atoms with E-state index in [1.807, 2.05) is 0 Å². The molecule has 0 spiro atoms. The predicted molar refractivity (Wildman–Crippen MR) is 77.2 cm³/mol. The number of ether oxygens (including phenoxy) is 2. The van der Waals surface area contributed by atoms with Crippen LogP contribution in [0.25, 0.3) is 0 Å². The maximum Gasteiger partial charge on any atom is 0.405 e. The van der Waals surface area contributed by atoms with E-state index in [1.165, 1.54) is 26.5 Å². The molecule has 0 saturated carbocycles. The molecular formula is C13H14ClF3N2O4. The molecule has 0 aliphatic heterocycles. The van der Waals surface area contributed by atoms with E-state index in [0.29, 0.717) is 17.1 Å². The summed E-state index contributed by atoms with van der Waals surface area (Å²) in [6, 6.07) is 3.07. The highest BCUT2D eigenvalue weighted by atomic mass is 35.5. The Morgan fingerprint density at radius 2 is 2.04 bits per heavy atom. The summed E-state index contributed by atoms with van der Waals surface area (Å²) in [5.74, 6) is -0.229. The SMILES string of the molecule is COc1cc(/C=N/OCC(=O)NCC(F)(F)F)cc(Cl)c1OC. The molecule has 0 saturated heterocycles. The Kier molecular flexibility index (Phi) is 6.95. The van der Waals surface area contributed by atoms with Crippen molar-refractivity contribution in [3.8, 4) is 11.5 Å². The third-order valence-corrected chi connectivity index (χ3v) is 2.69. The molecule has 1 amide bonds. The number of rotatable bonds is 7. The second-order valence-electron chi connectivity index (χ2n) is 4.14. The lowest BCUT2D eigenvalue weighted by molar-refractivity contribution is -0.141. The number of nitrogens with zero attached hydrogens (tertiary/aromatic N) is 1. The summed E-state index contributed by atoms with van der Waals surface area (Å²) in [7, 11) is 2.86. The lowest BCUT2D eigenvalue weighted by Crippen LogP contribution is -2.35. The minimum absolute atomic E-state index is 0.274. The van der Waals surface area contributed by atoms with Crippen molar-refractivity contribution in [2.75, 3.05) is 27.4 Å². The van der Waals surface area contributed by atoms with Gasteiger partial charge in [0.15, 0.2) is 18.1 Å². The standard InChI is InChI=1S/C13H14ClF3N2O4/c1-21-10-4-8(3-9(14)12(10)22-2)5-19-23-6-11(20)18-7-13(15,16)17/h3-5H,6-7H2,1-2H3,(H,18,20)/b19-5+. The van der Waals surface area contributed by atoms with Crippen molar-refractivity contribution in [1.29, 1.82) is 0 Å². The highest BCUT2D eigenvalue weighted by Crippen LogP contribution is 2.35. The smallest absolute Gasteiger partial charge is 0.405 e. The number of hydrogen-bond donors (Lipinski definition) is 1. The van der Waals surface area contributed by atoms with E-state index in [-0.39, 0.29) is 5.02 Å². The second kappa shape index (κ2) is 8.47. The minimum atomic E-state index is -4.48. The summed E-state index contributed by atoms with van der Waals surface area (Å²) < 4.78 is 45.8. The van der Waals surface area contributed by atoms with Crippen molar-refractivity contribution < 1.29 is 32.3 Å². The molecule has 1 aromatic carbocycles. The van der Waals surface area contributed by atoms with Gasteiger partial charge in [-0.3, -0.25) is 4.79 Å². The first-order valence-electron chi connectivity index (χ1n) is 6.17. The molecule has 0 aliphatic rings. The first-order valence-corrected chi connectivity index (χ1v) is 6.55. The van der Waals surface area contributed by atoms with Gasteiger partial charge in [-0.1, -0.05) is 16.8 Å². The predicted octanol–water partition coefficient (Wildman–Crippen LogP) is 2.39. The van der Waals surface area contributed by atoms with E-state index >= 15 is 0 Å². The molecule has 0 heterocycles. The van der Waals surface area contributed by atoms with Crippen LogP contribution < -0.4 is 14.8 Å². The fraction of sp³-hybridized carbons (Fsp3) is 0.385. The normalized spacial score (nSPS) is 11.4. The number of methoxy groups -OCH3 is 2. The van der Waals surface area contributed by atoms with Gasteiger partial charge in [0.1, 0.15) is 6.54 Å². The molecule has 1 aromatic rings. The summed E-state index contributed by atoms with van der Waals surface area (Å²) in [5.41, 5.74) is 0.489. The van der Waals surface area contributed by atoms with Gasteiger partial charge in [-0.2, -0.15) is 13.2 Å². The molecule has 0 aromatic heterocycles.